The van der Waals surface area contributed by atoms with Crippen molar-refractivity contribution in [3.63, 3.8) is 0 Å². The van der Waals surface area contributed by atoms with E-state index in [1.54, 1.807) is 14.0 Å². The number of carbonyl (C=O) groups excluding carboxylic acids is 2. The molecular formula is C18H26N4O4. The minimum atomic E-state index is -0.853. The zero-order valence-electron chi connectivity index (χ0n) is 15.6. The van der Waals surface area contributed by atoms with Crippen LogP contribution in [-0.2, 0) is 14.3 Å². The van der Waals surface area contributed by atoms with E-state index in [-0.39, 0.29) is 30.3 Å². The zero-order valence-corrected chi connectivity index (χ0v) is 15.6. The van der Waals surface area contributed by atoms with Crippen molar-refractivity contribution in [1.29, 1.82) is 0 Å². The Balaban J connectivity index is 1.77. The molecule has 1 aliphatic carbocycles. The minimum Gasteiger partial charge on any atom is -0.396 e. The number of fused-ring (bicyclic) bond motifs is 4. The maximum atomic E-state index is 13.4. The summed E-state index contributed by atoms with van der Waals surface area (Å²) in [4.78, 5) is 30.4. The summed E-state index contributed by atoms with van der Waals surface area (Å²) >= 11 is 0. The summed E-state index contributed by atoms with van der Waals surface area (Å²) in [5, 5.41) is 16.6. The van der Waals surface area contributed by atoms with Gasteiger partial charge < -0.3 is 30.3 Å². The first-order valence-corrected chi connectivity index (χ1v) is 9.03. The van der Waals surface area contributed by atoms with E-state index in [9.17, 15) is 14.7 Å². The third kappa shape index (κ3) is 1.98. The number of hydrogen-bond acceptors (Lipinski definition) is 8. The number of nitrogens with one attached hydrogen (secondary N) is 2. The van der Waals surface area contributed by atoms with Gasteiger partial charge in [-0.05, 0) is 14.0 Å². The number of methoxy groups -OCH3 is 1. The van der Waals surface area contributed by atoms with Crippen molar-refractivity contribution >= 4 is 11.6 Å². The molecule has 8 nitrogen and oxygen atoms in total. The average molecular weight is 362 g/mol. The lowest BCUT2D eigenvalue weighted by Crippen LogP contribution is -2.54. The van der Waals surface area contributed by atoms with E-state index in [0.717, 1.165) is 0 Å². The topological polar surface area (TPSA) is 104 Å². The molecule has 26 heavy (non-hydrogen) atoms. The summed E-state index contributed by atoms with van der Waals surface area (Å²) in [5.74, 6) is -0.841. The van der Waals surface area contributed by atoms with E-state index in [2.05, 4.69) is 10.6 Å². The van der Waals surface area contributed by atoms with Crippen molar-refractivity contribution in [2.75, 3.05) is 47.4 Å². The monoisotopic (exact) mass is 362 g/mol. The Morgan fingerprint density at radius 3 is 2.77 bits per heavy atom. The molecule has 4 unspecified atom stereocenters. The highest BCUT2D eigenvalue weighted by Crippen LogP contribution is 2.55. The van der Waals surface area contributed by atoms with Gasteiger partial charge in [-0.3, -0.25) is 9.59 Å². The molecular weight excluding hydrogens is 336 g/mol. The van der Waals surface area contributed by atoms with Crippen LogP contribution in [0.25, 0.3) is 0 Å². The van der Waals surface area contributed by atoms with Crippen LogP contribution in [0.5, 0.6) is 0 Å². The number of Topliss-reactive ketones (excluding diaryl/α,β-unsaturated/α-hetero) is 2. The van der Waals surface area contributed by atoms with Crippen molar-refractivity contribution in [3.05, 3.63) is 22.5 Å². The SMILES string of the molecule is CNCCN(C)C1=C(C)C(=O)C2=C(C1=O)C(CO)C1(OC)C3NC3CN21. The molecule has 142 valence electrons. The summed E-state index contributed by atoms with van der Waals surface area (Å²) in [6, 6.07) is 0.270. The van der Waals surface area contributed by atoms with Gasteiger partial charge in [-0.1, -0.05) is 0 Å². The lowest BCUT2D eigenvalue weighted by Gasteiger charge is -2.39. The summed E-state index contributed by atoms with van der Waals surface area (Å²) < 4.78 is 5.88. The summed E-state index contributed by atoms with van der Waals surface area (Å²) in [5.41, 5.74) is 0.866. The molecule has 8 heteroatoms. The second-order valence-electron chi connectivity index (χ2n) is 7.47. The number of likely N-dealkylation sites (N-methyl/N-ethyl adjacent to an activating group) is 2. The van der Waals surface area contributed by atoms with Gasteiger partial charge in [-0.15, -0.1) is 0 Å². The van der Waals surface area contributed by atoms with Gasteiger partial charge in [0, 0.05) is 51.0 Å². The molecule has 0 aromatic heterocycles. The predicted octanol–water partition coefficient (Wildman–Crippen LogP) is -1.56. The zero-order chi connectivity index (χ0) is 18.8. The first-order chi connectivity index (χ1) is 12.4. The molecule has 3 N–H and O–H groups in total. The summed E-state index contributed by atoms with van der Waals surface area (Å²) in [6.07, 6.45) is 0. The molecule has 0 amide bonds. The lowest BCUT2D eigenvalue weighted by atomic mass is 9.82. The standard InChI is InChI=1S/C18H26N4O4/c1-9-13(21(3)6-5-19-2)16(25)12-10(8-23)18(26-4)17-11(20-17)7-22(18)14(12)15(9)24/h10-11,17,19-20,23H,5-8H2,1-4H3. The van der Waals surface area contributed by atoms with Crippen molar-refractivity contribution in [3.8, 4) is 0 Å². The van der Waals surface area contributed by atoms with E-state index in [1.165, 1.54) is 0 Å². The fourth-order valence-electron chi connectivity index (χ4n) is 4.98. The molecule has 2 fully saturated rings. The van der Waals surface area contributed by atoms with Crippen molar-refractivity contribution in [1.82, 2.24) is 20.4 Å². The van der Waals surface area contributed by atoms with Crippen LogP contribution in [0.4, 0.5) is 0 Å². The maximum absolute atomic E-state index is 13.4. The van der Waals surface area contributed by atoms with Gasteiger partial charge in [-0.25, -0.2) is 0 Å². The van der Waals surface area contributed by atoms with Gasteiger partial charge in [-0.2, -0.15) is 0 Å². The first kappa shape index (κ1) is 17.7. The number of allylic oxidation sites excluding steroid dienone is 2. The molecule has 4 rings (SSSR count). The van der Waals surface area contributed by atoms with Gasteiger partial charge >= 0.3 is 0 Å². The Morgan fingerprint density at radius 1 is 1.42 bits per heavy atom. The molecule has 0 radical (unpaired) electrons. The van der Waals surface area contributed by atoms with Crippen molar-refractivity contribution < 1.29 is 19.4 Å². The van der Waals surface area contributed by atoms with Crippen LogP contribution in [0.1, 0.15) is 6.92 Å². The molecule has 3 heterocycles. The number of rotatable bonds is 6. The number of piperazine rings is 1. The van der Waals surface area contributed by atoms with E-state index in [0.29, 0.717) is 42.2 Å². The highest BCUT2D eigenvalue weighted by atomic mass is 16.5. The van der Waals surface area contributed by atoms with Crippen LogP contribution in [0.3, 0.4) is 0 Å². The quantitative estimate of drug-likeness (QED) is 0.385. The second kappa shape index (κ2) is 5.88. The number of ether oxygens (including phenoxy) is 1. The lowest BCUT2D eigenvalue weighted by molar-refractivity contribution is -0.137. The molecule has 4 atom stereocenters. The minimum absolute atomic E-state index is 0.0293. The summed E-state index contributed by atoms with van der Waals surface area (Å²) in [7, 11) is 5.26. The molecule has 3 aliphatic heterocycles. The van der Waals surface area contributed by atoms with Gasteiger partial charge in [0.1, 0.15) is 0 Å². The number of ketones is 2. The first-order valence-electron chi connectivity index (χ1n) is 9.03. The van der Waals surface area contributed by atoms with Gasteiger partial charge in [0.2, 0.25) is 11.6 Å². The van der Waals surface area contributed by atoms with Crippen LogP contribution in [0.15, 0.2) is 22.5 Å². The second-order valence-corrected chi connectivity index (χ2v) is 7.47. The molecule has 0 spiro atoms. The Bertz CT molecular complexity index is 745. The van der Waals surface area contributed by atoms with Crippen LogP contribution in [0, 0.1) is 5.92 Å². The Hall–Kier alpha value is -1.74. The van der Waals surface area contributed by atoms with Crippen LogP contribution >= 0.6 is 0 Å². The van der Waals surface area contributed by atoms with Gasteiger partial charge in [0.25, 0.3) is 0 Å². The summed E-state index contributed by atoms with van der Waals surface area (Å²) in [6.45, 7) is 3.40. The molecule has 2 saturated heterocycles. The Morgan fingerprint density at radius 2 is 2.15 bits per heavy atom. The number of aliphatic hydroxyl groups is 1. The maximum Gasteiger partial charge on any atom is 0.208 e. The number of aliphatic hydroxyl groups excluding tert-OH is 1. The Labute approximate surface area is 152 Å². The average Bonchev–Trinajstić information content (AvgIpc) is 3.23. The van der Waals surface area contributed by atoms with E-state index in [4.69, 9.17) is 4.74 Å². The number of hydrogen-bond donors (Lipinski definition) is 3. The van der Waals surface area contributed by atoms with Crippen LogP contribution in [0.2, 0.25) is 0 Å². The fraction of sp³-hybridized carbons (Fsp3) is 0.667. The highest BCUT2D eigenvalue weighted by molar-refractivity contribution is 6.25. The number of nitrogens with zero attached hydrogens (tertiary/aromatic N) is 2. The largest absolute Gasteiger partial charge is 0.396 e. The fourth-order valence-corrected chi connectivity index (χ4v) is 4.98. The molecule has 0 aromatic carbocycles. The molecule has 0 bridgehead atoms. The number of carbonyl (C=O) groups is 2. The molecule has 0 aromatic rings. The van der Waals surface area contributed by atoms with E-state index in [1.807, 2.05) is 23.9 Å². The van der Waals surface area contributed by atoms with Crippen LogP contribution < -0.4 is 10.6 Å². The van der Waals surface area contributed by atoms with Crippen molar-refractivity contribution in [2.24, 2.45) is 5.92 Å². The highest BCUT2D eigenvalue weighted by Gasteiger charge is 2.72. The predicted molar refractivity (Wildman–Crippen MR) is 94.0 cm³/mol. The third-order valence-electron chi connectivity index (χ3n) is 6.27. The molecule has 0 saturated carbocycles. The molecule has 4 aliphatic rings. The van der Waals surface area contributed by atoms with E-state index < -0.39 is 11.6 Å². The third-order valence-corrected chi connectivity index (χ3v) is 6.27. The van der Waals surface area contributed by atoms with Crippen LogP contribution in [-0.4, -0.2) is 91.7 Å². The Kier molecular flexibility index (Phi) is 4.00. The van der Waals surface area contributed by atoms with E-state index >= 15 is 0 Å². The van der Waals surface area contributed by atoms with Crippen molar-refractivity contribution in [2.45, 2.75) is 24.7 Å². The normalized spacial score (nSPS) is 35.1. The van der Waals surface area contributed by atoms with Gasteiger partial charge in [0.15, 0.2) is 5.72 Å². The van der Waals surface area contributed by atoms with Gasteiger partial charge in [0.05, 0.1) is 30.0 Å². The smallest absolute Gasteiger partial charge is 0.208 e.